The summed E-state index contributed by atoms with van der Waals surface area (Å²) in [6, 6.07) is 6.13. The van der Waals surface area contributed by atoms with Crippen LogP contribution in [0, 0.1) is 0 Å². The van der Waals surface area contributed by atoms with Crippen molar-refractivity contribution in [3.05, 3.63) is 59.1 Å². The molecule has 2 aromatic carbocycles. The number of phenolic OH excluding ortho intramolecular Hbond substituents is 3. The Labute approximate surface area is 207 Å². The lowest BCUT2D eigenvalue weighted by Crippen LogP contribution is -2.59. The first-order chi connectivity index (χ1) is 17.6. The van der Waals surface area contributed by atoms with Gasteiger partial charge in [-0.2, -0.15) is 0 Å². The van der Waals surface area contributed by atoms with E-state index in [0.717, 1.165) is 18.2 Å². The van der Waals surface area contributed by atoms with Crippen LogP contribution in [0.25, 0.3) is 5.57 Å². The van der Waals surface area contributed by atoms with Gasteiger partial charge in [-0.15, -0.1) is 0 Å². The van der Waals surface area contributed by atoms with E-state index in [4.69, 9.17) is 18.9 Å². The van der Waals surface area contributed by atoms with Gasteiger partial charge in [0.25, 0.3) is 0 Å². The van der Waals surface area contributed by atoms with Crippen molar-refractivity contribution in [3.8, 4) is 28.7 Å². The van der Waals surface area contributed by atoms with Crippen molar-refractivity contribution in [3.63, 3.8) is 0 Å². The van der Waals surface area contributed by atoms with Gasteiger partial charge in [-0.05, 0) is 12.1 Å². The number of rotatable bonds is 5. The molecule has 5 rings (SSSR count). The number of allylic oxidation sites excluding steroid dienone is 2. The summed E-state index contributed by atoms with van der Waals surface area (Å²) < 4.78 is 22.8. The molecule has 1 saturated heterocycles. The summed E-state index contributed by atoms with van der Waals surface area (Å²) >= 11 is 0. The molecule has 0 aromatic heterocycles. The smallest absolute Gasteiger partial charge is 0.371 e. The number of phenols is 3. The highest BCUT2D eigenvalue weighted by Crippen LogP contribution is 2.52. The number of hydrogen-bond acceptors (Lipinski definition) is 12. The van der Waals surface area contributed by atoms with Crippen molar-refractivity contribution in [1.29, 1.82) is 0 Å². The van der Waals surface area contributed by atoms with Crippen LogP contribution in [0.3, 0.4) is 0 Å². The van der Waals surface area contributed by atoms with Crippen molar-refractivity contribution in [2.75, 3.05) is 6.61 Å². The second kappa shape index (κ2) is 9.14. The molecule has 0 spiro atoms. The molecule has 1 unspecified atom stereocenters. The summed E-state index contributed by atoms with van der Waals surface area (Å²) in [6.45, 7) is -0.717. The summed E-state index contributed by atoms with van der Waals surface area (Å²) in [5.41, 5.74) is 0.491. The number of carbonyl (C=O) groups is 1. The van der Waals surface area contributed by atoms with E-state index in [1.807, 2.05) is 0 Å². The maximum atomic E-state index is 11.8. The standard InChI is InChI=1S/C24H22O13/c25-7-16-18(29)19(30)20(31)24(36-16)37-22-10-6-15(23(32)33)34-13-4-9(26)5-14(17(10)13)35-21(22)8-1-2-11(27)12(28)3-8/h1-6,16,18-21,24-31H,7H2,(H,32,33)/t16-,18-,19+,20-,21?,24+/m1/s1. The molecule has 8 N–H and O–H groups in total. The van der Waals surface area contributed by atoms with Crippen LogP contribution < -0.4 is 9.47 Å². The summed E-state index contributed by atoms with van der Waals surface area (Å²) in [7, 11) is 0. The number of aromatic hydroxyl groups is 3. The number of ether oxygens (including phenoxy) is 4. The maximum absolute atomic E-state index is 11.8. The number of aliphatic hydroxyl groups is 4. The van der Waals surface area contributed by atoms with Crippen LogP contribution in [0.1, 0.15) is 17.2 Å². The number of aliphatic carboxylic acids is 1. The zero-order valence-corrected chi connectivity index (χ0v) is 18.8. The van der Waals surface area contributed by atoms with E-state index < -0.39 is 66.6 Å². The number of benzene rings is 2. The fraction of sp³-hybridized carbons (Fsp3) is 0.292. The molecule has 3 aliphatic rings. The van der Waals surface area contributed by atoms with E-state index in [1.165, 1.54) is 18.2 Å². The third kappa shape index (κ3) is 4.18. The third-order valence-electron chi connectivity index (χ3n) is 6.17. The molecular weight excluding hydrogens is 496 g/mol. The lowest BCUT2D eigenvalue weighted by molar-refractivity contribution is -0.293. The zero-order valence-electron chi connectivity index (χ0n) is 18.8. The van der Waals surface area contributed by atoms with Crippen molar-refractivity contribution >= 4 is 11.5 Å². The van der Waals surface area contributed by atoms with E-state index in [0.29, 0.717) is 0 Å². The predicted molar refractivity (Wildman–Crippen MR) is 119 cm³/mol. The summed E-state index contributed by atoms with van der Waals surface area (Å²) in [4.78, 5) is 11.8. The Morgan fingerprint density at radius 3 is 2.35 bits per heavy atom. The molecule has 37 heavy (non-hydrogen) atoms. The molecule has 0 amide bonds. The largest absolute Gasteiger partial charge is 0.508 e. The fourth-order valence-electron chi connectivity index (χ4n) is 4.33. The van der Waals surface area contributed by atoms with Gasteiger partial charge in [0.15, 0.2) is 23.4 Å². The van der Waals surface area contributed by atoms with Gasteiger partial charge in [0.1, 0.15) is 41.7 Å². The second-order valence-corrected chi connectivity index (χ2v) is 8.57. The minimum atomic E-state index is -1.80. The van der Waals surface area contributed by atoms with E-state index >= 15 is 0 Å². The average molecular weight is 518 g/mol. The average Bonchev–Trinajstić information content (AvgIpc) is 2.86. The molecule has 13 nitrogen and oxygen atoms in total. The molecule has 3 heterocycles. The minimum absolute atomic E-state index is 0.0596. The SMILES string of the molecule is O=C(O)C1=CC2=C(O[C@@H]3O[C@H](CO)[C@@H](O)[C@H](O)[C@H]3O)C(c3ccc(O)c(O)c3)Oc3cc(O)cc(c32)O1. The first-order valence-electron chi connectivity index (χ1n) is 11.0. The van der Waals surface area contributed by atoms with Crippen LogP contribution in [0.15, 0.2) is 47.9 Å². The monoisotopic (exact) mass is 518 g/mol. The number of hydrogen-bond donors (Lipinski definition) is 8. The Morgan fingerprint density at radius 1 is 0.946 bits per heavy atom. The third-order valence-corrected chi connectivity index (χ3v) is 6.17. The summed E-state index contributed by atoms with van der Waals surface area (Å²) in [5.74, 6) is -3.39. The Hall–Kier alpha value is -4.01. The van der Waals surface area contributed by atoms with Crippen LogP contribution in [0.5, 0.6) is 28.7 Å². The van der Waals surface area contributed by atoms with Gasteiger partial charge in [0.05, 0.1) is 12.2 Å². The van der Waals surface area contributed by atoms with Gasteiger partial charge >= 0.3 is 5.97 Å². The topological polar surface area (TPSA) is 216 Å². The van der Waals surface area contributed by atoms with Crippen LogP contribution in [0.2, 0.25) is 0 Å². The Bertz CT molecular complexity index is 1310. The van der Waals surface area contributed by atoms with Crippen molar-refractivity contribution < 1.29 is 64.6 Å². The van der Waals surface area contributed by atoms with Gasteiger partial charge in [-0.3, -0.25) is 0 Å². The van der Waals surface area contributed by atoms with E-state index in [1.54, 1.807) is 0 Å². The van der Waals surface area contributed by atoms with Crippen molar-refractivity contribution in [1.82, 2.24) is 0 Å². The molecule has 0 saturated carbocycles. The van der Waals surface area contributed by atoms with E-state index in [9.17, 15) is 45.6 Å². The Balaban J connectivity index is 1.70. The van der Waals surface area contributed by atoms with Gasteiger partial charge in [0, 0.05) is 29.3 Å². The van der Waals surface area contributed by atoms with Gasteiger partial charge in [-0.25, -0.2) is 4.79 Å². The van der Waals surface area contributed by atoms with Gasteiger partial charge < -0.3 is 59.8 Å². The van der Waals surface area contributed by atoms with Gasteiger partial charge in [-0.1, -0.05) is 6.07 Å². The molecule has 3 aliphatic heterocycles. The molecule has 2 aromatic rings. The quantitative estimate of drug-likeness (QED) is 0.242. The molecule has 1 fully saturated rings. The number of aliphatic hydroxyl groups excluding tert-OH is 4. The van der Waals surface area contributed by atoms with Crippen LogP contribution in [-0.2, 0) is 14.3 Å². The van der Waals surface area contributed by atoms with Gasteiger partial charge in [0.2, 0.25) is 12.0 Å². The molecule has 0 radical (unpaired) electrons. The Kier molecular flexibility index (Phi) is 6.09. The Morgan fingerprint density at radius 2 is 1.68 bits per heavy atom. The fourth-order valence-corrected chi connectivity index (χ4v) is 4.33. The predicted octanol–water partition coefficient (Wildman–Crippen LogP) is -0.174. The number of carboxylic acids is 1. The summed E-state index contributed by atoms with van der Waals surface area (Å²) in [5, 5.41) is 80.0. The molecule has 0 bridgehead atoms. The van der Waals surface area contributed by atoms with E-state index in [2.05, 4.69) is 0 Å². The molecular formula is C24H22O13. The lowest BCUT2D eigenvalue weighted by atomic mass is 9.92. The molecule has 13 heteroatoms. The summed E-state index contributed by atoms with van der Waals surface area (Å²) in [6.07, 6.45) is -8.32. The molecule has 196 valence electrons. The second-order valence-electron chi connectivity index (χ2n) is 8.57. The van der Waals surface area contributed by atoms with Crippen LogP contribution in [-0.4, -0.2) is 84.1 Å². The van der Waals surface area contributed by atoms with E-state index in [-0.39, 0.29) is 39.7 Å². The first kappa shape index (κ1) is 24.7. The minimum Gasteiger partial charge on any atom is -0.508 e. The molecule has 6 atom stereocenters. The van der Waals surface area contributed by atoms with Crippen LogP contribution in [0.4, 0.5) is 0 Å². The van der Waals surface area contributed by atoms with Crippen molar-refractivity contribution in [2.45, 2.75) is 36.8 Å². The normalized spacial score (nSPS) is 28.5. The zero-order chi connectivity index (χ0) is 26.6. The highest BCUT2D eigenvalue weighted by atomic mass is 16.7. The first-order valence-corrected chi connectivity index (χ1v) is 11.0. The maximum Gasteiger partial charge on any atom is 0.371 e. The highest BCUT2D eigenvalue weighted by molar-refractivity contribution is 5.95. The molecule has 0 aliphatic carbocycles. The lowest BCUT2D eigenvalue weighted by Gasteiger charge is -2.41. The van der Waals surface area contributed by atoms with Crippen LogP contribution >= 0.6 is 0 Å². The number of carboxylic acid groups (broad SMARTS) is 1. The highest BCUT2D eigenvalue weighted by Gasteiger charge is 2.47. The van der Waals surface area contributed by atoms with Crippen molar-refractivity contribution in [2.24, 2.45) is 0 Å².